The van der Waals surface area contributed by atoms with Crippen molar-refractivity contribution in [3.05, 3.63) is 0 Å². The van der Waals surface area contributed by atoms with E-state index in [4.69, 9.17) is 37.0 Å². The quantitative estimate of drug-likeness (QED) is 0.0222. The van der Waals surface area contributed by atoms with E-state index in [0.29, 0.717) is 31.6 Å². The smallest absolute Gasteiger partial charge is 0.462 e. The normalized spacial score (nSPS) is 14.5. The number of phosphoric ester groups is 2. The summed E-state index contributed by atoms with van der Waals surface area (Å²) >= 11 is 0. The number of hydrogen-bond donors (Lipinski definition) is 3. The largest absolute Gasteiger partial charge is 0.472 e. The monoisotopic (exact) mass is 1340 g/mol. The summed E-state index contributed by atoms with van der Waals surface area (Å²) in [5, 5.41) is 10.6. The molecule has 0 heterocycles. The summed E-state index contributed by atoms with van der Waals surface area (Å²) in [6, 6.07) is 0. The van der Waals surface area contributed by atoms with Crippen molar-refractivity contribution in [3.63, 3.8) is 0 Å². The van der Waals surface area contributed by atoms with Gasteiger partial charge in [-0.1, -0.05) is 306 Å². The number of aliphatic hydroxyl groups is 1. The van der Waals surface area contributed by atoms with E-state index in [1.54, 1.807) is 0 Å². The summed E-state index contributed by atoms with van der Waals surface area (Å²) in [6.07, 6.45) is 44.6. The number of esters is 4. The minimum atomic E-state index is -4.95. The van der Waals surface area contributed by atoms with Crippen LogP contribution in [0.5, 0.6) is 0 Å². The van der Waals surface area contributed by atoms with E-state index in [0.717, 1.165) is 114 Å². The first-order chi connectivity index (χ1) is 43.6. The van der Waals surface area contributed by atoms with Crippen molar-refractivity contribution in [1.82, 2.24) is 0 Å². The minimum Gasteiger partial charge on any atom is -0.462 e. The first-order valence-corrected chi connectivity index (χ1v) is 40.2. The summed E-state index contributed by atoms with van der Waals surface area (Å²) < 4.78 is 68.3. The van der Waals surface area contributed by atoms with Crippen LogP contribution in [0.4, 0.5) is 0 Å². The van der Waals surface area contributed by atoms with Crippen molar-refractivity contribution in [2.45, 2.75) is 375 Å². The summed E-state index contributed by atoms with van der Waals surface area (Å²) in [4.78, 5) is 72.6. The Morgan fingerprint density at radius 3 is 0.780 bits per heavy atom. The highest BCUT2D eigenvalue weighted by Gasteiger charge is 2.30. The lowest BCUT2D eigenvalue weighted by molar-refractivity contribution is -0.161. The van der Waals surface area contributed by atoms with Gasteiger partial charge in [0.1, 0.15) is 19.3 Å². The molecule has 91 heavy (non-hydrogen) atoms. The van der Waals surface area contributed by atoms with Gasteiger partial charge in [-0.3, -0.25) is 37.3 Å². The van der Waals surface area contributed by atoms with Gasteiger partial charge in [-0.15, -0.1) is 0 Å². The molecule has 0 aliphatic heterocycles. The zero-order valence-electron chi connectivity index (χ0n) is 59.5. The lowest BCUT2D eigenvalue weighted by Gasteiger charge is -2.21. The average Bonchev–Trinajstić information content (AvgIpc) is 2.55. The zero-order valence-corrected chi connectivity index (χ0v) is 61.3. The lowest BCUT2D eigenvalue weighted by Crippen LogP contribution is -2.30. The number of aliphatic hydroxyl groups excluding tert-OH is 1. The van der Waals surface area contributed by atoms with Crippen molar-refractivity contribution < 1.29 is 80.2 Å². The van der Waals surface area contributed by atoms with Gasteiger partial charge in [-0.2, -0.15) is 0 Å². The molecule has 0 radical (unpaired) electrons. The Morgan fingerprint density at radius 1 is 0.308 bits per heavy atom. The first kappa shape index (κ1) is 89.1. The lowest BCUT2D eigenvalue weighted by atomic mass is 9.99. The van der Waals surface area contributed by atoms with Gasteiger partial charge in [0.2, 0.25) is 0 Å². The Balaban J connectivity index is 5.21. The Morgan fingerprint density at radius 2 is 0.527 bits per heavy atom. The number of carbonyl (C=O) groups excluding carboxylic acids is 4. The van der Waals surface area contributed by atoms with Crippen molar-refractivity contribution in [2.24, 2.45) is 23.7 Å². The Hall–Kier alpha value is -1.94. The van der Waals surface area contributed by atoms with Gasteiger partial charge in [-0.25, -0.2) is 9.13 Å². The zero-order chi connectivity index (χ0) is 67.5. The highest BCUT2D eigenvalue weighted by molar-refractivity contribution is 7.47. The molecule has 0 fully saturated rings. The fourth-order valence-electron chi connectivity index (χ4n) is 10.8. The molecule has 6 atom stereocenters. The van der Waals surface area contributed by atoms with E-state index in [1.807, 2.05) is 0 Å². The molecule has 0 rings (SSSR count). The van der Waals surface area contributed by atoms with Gasteiger partial charge in [0.15, 0.2) is 12.2 Å². The number of rotatable bonds is 69. The predicted molar refractivity (Wildman–Crippen MR) is 367 cm³/mol. The van der Waals surface area contributed by atoms with E-state index in [9.17, 15) is 43.2 Å². The maximum Gasteiger partial charge on any atom is 0.472 e. The molecule has 540 valence electrons. The Bertz CT molecular complexity index is 1800. The fourth-order valence-corrected chi connectivity index (χ4v) is 12.4. The second-order valence-corrected chi connectivity index (χ2v) is 30.6. The maximum atomic E-state index is 13.0. The molecule has 0 aromatic heterocycles. The van der Waals surface area contributed by atoms with E-state index in [2.05, 4.69) is 55.4 Å². The number of carbonyl (C=O) groups is 4. The highest BCUT2D eigenvalue weighted by Crippen LogP contribution is 2.45. The van der Waals surface area contributed by atoms with Crippen LogP contribution in [0.1, 0.15) is 357 Å². The summed E-state index contributed by atoms with van der Waals surface area (Å²) in [5.41, 5.74) is 0. The van der Waals surface area contributed by atoms with Gasteiger partial charge >= 0.3 is 39.5 Å². The van der Waals surface area contributed by atoms with Crippen molar-refractivity contribution >= 4 is 39.5 Å². The van der Waals surface area contributed by atoms with E-state index >= 15 is 0 Å². The van der Waals surface area contributed by atoms with E-state index < -0.39 is 97.5 Å². The van der Waals surface area contributed by atoms with Crippen LogP contribution >= 0.6 is 15.6 Å². The van der Waals surface area contributed by atoms with Crippen LogP contribution in [0.15, 0.2) is 0 Å². The molecule has 0 amide bonds. The molecule has 0 aromatic carbocycles. The molecule has 0 spiro atoms. The van der Waals surface area contributed by atoms with Crippen molar-refractivity contribution in [3.8, 4) is 0 Å². The SMILES string of the molecule is CCC(C)CCCCCCCCCCCCC(=O)O[C@H](COC(=O)CCCCCCCCC(C)C)COP(=O)(O)OC[C@H](O)COP(=O)(O)OC[C@@H](COC(=O)CCCCCCCCCCCCCCCCC(C)C)OC(=O)CCCCCCCCCCC(C)C. The van der Waals surface area contributed by atoms with Gasteiger partial charge in [0.05, 0.1) is 26.4 Å². The first-order valence-electron chi connectivity index (χ1n) is 37.2. The summed E-state index contributed by atoms with van der Waals surface area (Å²) in [6.45, 7) is 14.1. The van der Waals surface area contributed by atoms with Gasteiger partial charge in [-0.05, 0) is 49.4 Å². The molecular weight excluding hydrogens is 1200 g/mol. The van der Waals surface area contributed by atoms with Gasteiger partial charge in [0, 0.05) is 25.7 Å². The summed E-state index contributed by atoms with van der Waals surface area (Å²) in [7, 11) is -9.90. The second kappa shape index (κ2) is 61.6. The molecule has 0 aliphatic rings. The number of ether oxygens (including phenoxy) is 4. The van der Waals surface area contributed by atoms with Crippen LogP contribution in [0, 0.1) is 23.7 Å². The molecule has 3 unspecified atom stereocenters. The number of phosphoric acid groups is 2. The number of hydrogen-bond acceptors (Lipinski definition) is 15. The molecule has 17 nitrogen and oxygen atoms in total. The van der Waals surface area contributed by atoms with Crippen LogP contribution in [0.25, 0.3) is 0 Å². The van der Waals surface area contributed by atoms with Crippen LogP contribution in [0.3, 0.4) is 0 Å². The highest BCUT2D eigenvalue weighted by atomic mass is 31.2. The van der Waals surface area contributed by atoms with Crippen LogP contribution in [-0.2, 0) is 65.4 Å². The van der Waals surface area contributed by atoms with Gasteiger partial charge in [0.25, 0.3) is 0 Å². The molecule has 0 aliphatic carbocycles. The molecule has 3 N–H and O–H groups in total. The number of unbranched alkanes of at least 4 members (excludes halogenated alkanes) is 34. The molecular formula is C72H140O17P2. The third-order valence-corrected chi connectivity index (χ3v) is 18.8. The molecule has 0 saturated carbocycles. The van der Waals surface area contributed by atoms with Crippen molar-refractivity contribution in [2.75, 3.05) is 39.6 Å². The molecule has 0 bridgehead atoms. The average molecular weight is 1340 g/mol. The van der Waals surface area contributed by atoms with E-state index in [1.165, 1.54) is 154 Å². The summed E-state index contributed by atoms with van der Waals surface area (Å²) in [5.74, 6) is 0.870. The third-order valence-electron chi connectivity index (χ3n) is 16.9. The minimum absolute atomic E-state index is 0.104. The van der Waals surface area contributed by atoms with Crippen LogP contribution in [-0.4, -0.2) is 96.7 Å². The van der Waals surface area contributed by atoms with E-state index in [-0.39, 0.29) is 25.7 Å². The molecule has 0 aromatic rings. The fraction of sp³-hybridized carbons (Fsp3) is 0.944. The van der Waals surface area contributed by atoms with Crippen LogP contribution in [0.2, 0.25) is 0 Å². The molecule has 19 heteroatoms. The topological polar surface area (TPSA) is 237 Å². The Kier molecular flexibility index (Phi) is 60.3. The second-order valence-electron chi connectivity index (χ2n) is 27.6. The van der Waals surface area contributed by atoms with Crippen LogP contribution < -0.4 is 0 Å². The third kappa shape index (κ3) is 65.1. The molecule has 0 saturated heterocycles. The predicted octanol–water partition coefficient (Wildman–Crippen LogP) is 20.5. The van der Waals surface area contributed by atoms with Gasteiger partial charge < -0.3 is 33.8 Å². The maximum absolute atomic E-state index is 13.0. The van der Waals surface area contributed by atoms with Crippen molar-refractivity contribution in [1.29, 1.82) is 0 Å². The standard InChI is InChI=1S/C72H140O17P2/c1-9-65(8)51-43-35-26-19-16-17-21-28-38-46-54-71(76)88-68(59-83-70(75)53-45-37-31-30-34-42-50-64(6)7)61-87-91(80,81)85-57-66(73)56-84-90(78,79)86-60-67(89-72(77)55-47-39-29-23-22-25-33-41-49-63(4)5)58-82-69(74)52-44-36-27-20-15-13-11-10-12-14-18-24-32-40-48-62(2)3/h62-68,73H,9-61H2,1-8H3,(H,78,79)(H,80,81)/t65?,66-,67-,68-/m1/s1. The Labute approximate surface area is 556 Å².